The zero-order valence-electron chi connectivity index (χ0n) is 20.3. The van der Waals surface area contributed by atoms with Crippen LogP contribution in [0.2, 0.25) is 0 Å². The van der Waals surface area contributed by atoms with Crippen LogP contribution in [0.4, 0.5) is 13.2 Å². The molecule has 3 aromatic carbocycles. The zero-order chi connectivity index (χ0) is 27.2. The number of ether oxygens (including phenoxy) is 1. The van der Waals surface area contributed by atoms with E-state index in [2.05, 4.69) is 0 Å². The minimum absolute atomic E-state index is 0.0445. The topological polar surface area (TPSA) is 83.9 Å². The third-order valence-corrected chi connectivity index (χ3v) is 5.72. The van der Waals surface area contributed by atoms with Crippen LogP contribution in [0.5, 0.6) is 5.75 Å². The molecule has 1 N–H and O–H groups in total. The number of methoxy groups -OCH3 is 1. The second-order valence-electron chi connectivity index (χ2n) is 8.65. The molecule has 0 bridgehead atoms. The number of hydrogen-bond donors (Lipinski definition) is 1. The Bertz CT molecular complexity index is 1270. The lowest BCUT2D eigenvalue weighted by Gasteiger charge is -2.21. The summed E-state index contributed by atoms with van der Waals surface area (Å²) in [5.74, 6) is -2.03. The molecule has 0 aromatic heterocycles. The highest BCUT2D eigenvalue weighted by Gasteiger charge is 2.34. The molecule has 0 aliphatic rings. The van der Waals surface area contributed by atoms with Gasteiger partial charge in [-0.3, -0.25) is 14.4 Å². The van der Waals surface area contributed by atoms with Gasteiger partial charge in [-0.25, -0.2) is 0 Å². The Morgan fingerprint density at radius 3 is 2.08 bits per heavy atom. The second-order valence-corrected chi connectivity index (χ2v) is 8.65. The van der Waals surface area contributed by atoms with Gasteiger partial charge in [0.15, 0.2) is 0 Å². The fourth-order valence-corrected chi connectivity index (χ4v) is 3.83. The van der Waals surface area contributed by atoms with Crippen LogP contribution in [0.1, 0.15) is 38.2 Å². The SMILES string of the molecule is COc1ccc(CC(=O)Cc2ccc(C(=O)N(CC(=O)O)Cc3ccc(C)cc3)cc2)c(C(F)(F)F)c1. The first-order valence-corrected chi connectivity index (χ1v) is 11.4. The number of carbonyl (C=O) groups is 3. The number of aliphatic carboxylic acids is 1. The maximum atomic E-state index is 13.4. The van der Waals surface area contributed by atoms with Crippen molar-refractivity contribution in [2.24, 2.45) is 0 Å². The molecule has 0 aliphatic heterocycles. The first-order chi connectivity index (χ1) is 17.5. The van der Waals surface area contributed by atoms with Gasteiger partial charge >= 0.3 is 12.1 Å². The summed E-state index contributed by atoms with van der Waals surface area (Å²) >= 11 is 0. The van der Waals surface area contributed by atoms with Crippen molar-refractivity contribution in [3.8, 4) is 5.75 Å². The third kappa shape index (κ3) is 7.67. The summed E-state index contributed by atoms with van der Waals surface area (Å²) in [6.07, 6.45) is -5.17. The maximum Gasteiger partial charge on any atom is 0.416 e. The van der Waals surface area contributed by atoms with Gasteiger partial charge in [-0.2, -0.15) is 13.2 Å². The van der Waals surface area contributed by atoms with Crippen LogP contribution in [0.25, 0.3) is 0 Å². The minimum atomic E-state index is -4.63. The molecule has 9 heteroatoms. The predicted molar refractivity (Wildman–Crippen MR) is 130 cm³/mol. The molecule has 0 atom stereocenters. The van der Waals surface area contributed by atoms with E-state index in [1.807, 2.05) is 31.2 Å². The summed E-state index contributed by atoms with van der Waals surface area (Å²) in [6.45, 7) is 1.54. The lowest BCUT2D eigenvalue weighted by atomic mass is 9.97. The van der Waals surface area contributed by atoms with Crippen molar-refractivity contribution in [2.45, 2.75) is 32.5 Å². The predicted octanol–water partition coefficient (Wildman–Crippen LogP) is 5.10. The number of aryl methyl sites for hydroxylation is 1. The summed E-state index contributed by atoms with van der Waals surface area (Å²) < 4.78 is 45.1. The van der Waals surface area contributed by atoms with Crippen LogP contribution in [-0.2, 0) is 35.2 Å². The van der Waals surface area contributed by atoms with Gasteiger partial charge < -0.3 is 14.7 Å². The normalized spacial score (nSPS) is 11.2. The van der Waals surface area contributed by atoms with Crippen molar-refractivity contribution >= 4 is 17.7 Å². The maximum absolute atomic E-state index is 13.4. The van der Waals surface area contributed by atoms with E-state index in [1.165, 1.54) is 48.4 Å². The van der Waals surface area contributed by atoms with E-state index >= 15 is 0 Å². The van der Waals surface area contributed by atoms with Crippen LogP contribution in [-0.4, -0.2) is 41.3 Å². The number of Topliss-reactive ketones (excluding diaryl/α,β-unsaturated/α-hetero) is 1. The summed E-state index contributed by atoms with van der Waals surface area (Å²) in [5.41, 5.74) is 1.50. The molecule has 194 valence electrons. The van der Waals surface area contributed by atoms with Gasteiger partial charge in [0.2, 0.25) is 0 Å². The van der Waals surface area contributed by atoms with E-state index in [0.29, 0.717) is 5.56 Å². The molecule has 1 amide bonds. The van der Waals surface area contributed by atoms with Crippen LogP contribution in [0, 0.1) is 6.92 Å². The molecule has 0 fully saturated rings. The zero-order valence-corrected chi connectivity index (χ0v) is 20.3. The molecule has 0 saturated heterocycles. The molecule has 0 aliphatic carbocycles. The van der Waals surface area contributed by atoms with E-state index < -0.39 is 42.4 Å². The molecule has 0 saturated carbocycles. The van der Waals surface area contributed by atoms with Gasteiger partial charge in [0.05, 0.1) is 12.7 Å². The van der Waals surface area contributed by atoms with Crippen molar-refractivity contribution in [2.75, 3.05) is 13.7 Å². The van der Waals surface area contributed by atoms with Crippen molar-refractivity contribution < 1.29 is 37.4 Å². The monoisotopic (exact) mass is 513 g/mol. The molecule has 0 heterocycles. The van der Waals surface area contributed by atoms with E-state index in [1.54, 1.807) is 0 Å². The lowest BCUT2D eigenvalue weighted by Crippen LogP contribution is -2.35. The fraction of sp³-hybridized carbons (Fsp3) is 0.250. The summed E-state index contributed by atoms with van der Waals surface area (Å²) in [7, 11) is 1.26. The first kappa shape index (κ1) is 27.4. The minimum Gasteiger partial charge on any atom is -0.497 e. The van der Waals surface area contributed by atoms with Gasteiger partial charge in [0.1, 0.15) is 18.1 Å². The van der Waals surface area contributed by atoms with Crippen molar-refractivity contribution in [3.63, 3.8) is 0 Å². The van der Waals surface area contributed by atoms with E-state index in [9.17, 15) is 32.7 Å². The van der Waals surface area contributed by atoms with Gasteiger partial charge in [0, 0.05) is 24.9 Å². The van der Waals surface area contributed by atoms with Crippen LogP contribution in [0.15, 0.2) is 66.7 Å². The number of rotatable bonds is 10. The lowest BCUT2D eigenvalue weighted by molar-refractivity contribution is -0.139. The Hall–Kier alpha value is -4.14. The fourth-order valence-electron chi connectivity index (χ4n) is 3.83. The summed E-state index contributed by atoms with van der Waals surface area (Å²) in [5, 5.41) is 9.26. The third-order valence-electron chi connectivity index (χ3n) is 5.72. The number of ketones is 1. The van der Waals surface area contributed by atoms with E-state index in [4.69, 9.17) is 4.74 Å². The molecule has 3 aromatic rings. The molecule has 0 spiro atoms. The molecule has 0 radical (unpaired) electrons. The van der Waals surface area contributed by atoms with Crippen molar-refractivity contribution in [3.05, 3.63) is 100 Å². The molecule has 37 heavy (non-hydrogen) atoms. The highest BCUT2D eigenvalue weighted by atomic mass is 19.4. The number of amides is 1. The Labute approximate surface area is 212 Å². The summed E-state index contributed by atoms with van der Waals surface area (Å²) in [6, 6.07) is 16.9. The molecule has 3 rings (SSSR count). The number of nitrogens with zero attached hydrogens (tertiary/aromatic N) is 1. The molecule has 6 nitrogen and oxygen atoms in total. The largest absolute Gasteiger partial charge is 0.497 e. The Balaban J connectivity index is 1.70. The molecular formula is C28H26F3NO5. The number of halogens is 3. The first-order valence-electron chi connectivity index (χ1n) is 11.4. The van der Waals surface area contributed by atoms with Crippen LogP contribution < -0.4 is 4.74 Å². The van der Waals surface area contributed by atoms with Gasteiger partial charge in [-0.05, 0) is 47.9 Å². The second kappa shape index (κ2) is 11.7. The Morgan fingerprint density at radius 1 is 0.892 bits per heavy atom. The van der Waals surface area contributed by atoms with Gasteiger partial charge in [-0.15, -0.1) is 0 Å². The number of carboxylic acids is 1. The average Bonchev–Trinajstić information content (AvgIpc) is 2.84. The van der Waals surface area contributed by atoms with Gasteiger partial charge in [-0.1, -0.05) is 48.0 Å². The van der Waals surface area contributed by atoms with E-state index in [0.717, 1.165) is 17.2 Å². The van der Waals surface area contributed by atoms with Crippen LogP contribution >= 0.6 is 0 Å². The Kier molecular flexibility index (Phi) is 8.70. The molecule has 0 unspecified atom stereocenters. The smallest absolute Gasteiger partial charge is 0.416 e. The summed E-state index contributed by atoms with van der Waals surface area (Å²) in [4.78, 5) is 38.1. The highest BCUT2D eigenvalue weighted by Crippen LogP contribution is 2.34. The number of alkyl halides is 3. The van der Waals surface area contributed by atoms with Crippen LogP contribution in [0.3, 0.4) is 0 Å². The van der Waals surface area contributed by atoms with Gasteiger partial charge in [0.25, 0.3) is 5.91 Å². The molecular weight excluding hydrogens is 487 g/mol. The quantitative estimate of drug-likeness (QED) is 0.408. The Morgan fingerprint density at radius 2 is 1.51 bits per heavy atom. The number of benzene rings is 3. The van der Waals surface area contributed by atoms with E-state index in [-0.39, 0.29) is 29.8 Å². The standard InChI is InChI=1S/C28H26F3NO5/c1-18-3-5-20(6-4-18)16-32(17-26(34)35)27(36)21-9-7-19(8-10-21)13-23(33)14-22-11-12-24(37-2)15-25(22)28(29,30)31/h3-12,15H,13-14,16-17H2,1-2H3,(H,34,35). The highest BCUT2D eigenvalue weighted by molar-refractivity contribution is 5.96. The number of carboxylic acid groups (broad SMARTS) is 1. The number of carbonyl (C=O) groups excluding carboxylic acids is 2. The van der Waals surface area contributed by atoms with Crippen molar-refractivity contribution in [1.82, 2.24) is 4.90 Å². The average molecular weight is 514 g/mol. The van der Waals surface area contributed by atoms with Crippen molar-refractivity contribution in [1.29, 1.82) is 0 Å². The number of hydrogen-bond acceptors (Lipinski definition) is 4.